The van der Waals surface area contributed by atoms with Crippen molar-refractivity contribution in [1.29, 1.82) is 0 Å². The van der Waals surface area contributed by atoms with Crippen LogP contribution in [0.4, 0.5) is 15.3 Å². The van der Waals surface area contributed by atoms with E-state index < -0.39 is 17.3 Å². The third-order valence-electron chi connectivity index (χ3n) is 6.12. The first-order chi connectivity index (χ1) is 20.1. The van der Waals surface area contributed by atoms with Gasteiger partial charge >= 0.3 is 12.2 Å². The molecule has 0 bridgehead atoms. The Bertz CT molecular complexity index is 1380. The first kappa shape index (κ1) is 33.2. The minimum absolute atomic E-state index is 0.271. The molecule has 0 radical (unpaired) electrons. The van der Waals surface area contributed by atoms with E-state index in [9.17, 15) is 9.59 Å². The molecule has 0 saturated heterocycles. The van der Waals surface area contributed by atoms with Gasteiger partial charge in [-0.15, -0.1) is 0 Å². The first-order valence-electron chi connectivity index (χ1n) is 14.4. The van der Waals surface area contributed by atoms with Gasteiger partial charge in [-0.25, -0.2) is 19.6 Å². The Morgan fingerprint density at radius 1 is 0.884 bits per heavy atom. The van der Waals surface area contributed by atoms with Gasteiger partial charge in [0.1, 0.15) is 23.6 Å². The highest BCUT2D eigenvalue weighted by molar-refractivity contribution is 5.94. The van der Waals surface area contributed by atoms with Gasteiger partial charge in [0.2, 0.25) is 5.88 Å². The van der Waals surface area contributed by atoms with Crippen molar-refractivity contribution in [1.82, 2.24) is 19.8 Å². The largest absolute Gasteiger partial charge is 0.497 e. The second-order valence-corrected chi connectivity index (χ2v) is 12.3. The summed E-state index contributed by atoms with van der Waals surface area (Å²) in [6, 6.07) is 11.4. The number of anilines is 1. The van der Waals surface area contributed by atoms with Crippen LogP contribution in [0, 0.1) is 0 Å². The van der Waals surface area contributed by atoms with Crippen LogP contribution in [0.25, 0.3) is 22.2 Å². The fourth-order valence-corrected chi connectivity index (χ4v) is 3.94. The lowest BCUT2D eigenvalue weighted by atomic mass is 10.1. The van der Waals surface area contributed by atoms with E-state index >= 15 is 0 Å². The van der Waals surface area contributed by atoms with Crippen molar-refractivity contribution in [2.24, 2.45) is 0 Å². The highest BCUT2D eigenvalue weighted by Gasteiger charge is 2.20. The molecule has 0 unspecified atom stereocenters. The van der Waals surface area contributed by atoms with Crippen molar-refractivity contribution in [3.8, 4) is 22.9 Å². The highest BCUT2D eigenvalue weighted by atomic mass is 16.6. The van der Waals surface area contributed by atoms with Gasteiger partial charge in [0.05, 0.1) is 24.9 Å². The van der Waals surface area contributed by atoms with E-state index in [0.717, 1.165) is 34.3 Å². The molecule has 11 nitrogen and oxygen atoms in total. The molecule has 0 spiro atoms. The predicted octanol–water partition coefficient (Wildman–Crippen LogP) is 6.22. The molecule has 234 valence electrons. The summed E-state index contributed by atoms with van der Waals surface area (Å²) in [6.07, 6.45) is 1.69. The van der Waals surface area contributed by atoms with Crippen LogP contribution in [0.3, 0.4) is 0 Å². The van der Waals surface area contributed by atoms with Gasteiger partial charge in [-0.1, -0.05) is 0 Å². The quantitative estimate of drug-likeness (QED) is 0.258. The lowest BCUT2D eigenvalue weighted by molar-refractivity contribution is 0.0273. The second kappa shape index (κ2) is 14.3. The van der Waals surface area contributed by atoms with Gasteiger partial charge < -0.3 is 34.1 Å². The number of aromatic nitrogens is 2. The summed E-state index contributed by atoms with van der Waals surface area (Å²) in [5.41, 5.74) is 2.14. The fraction of sp³-hybridized carbons (Fsp3) is 0.500. The van der Waals surface area contributed by atoms with Crippen molar-refractivity contribution in [2.45, 2.75) is 59.2 Å². The van der Waals surface area contributed by atoms with Crippen molar-refractivity contribution < 1.29 is 28.5 Å². The topological polar surface area (TPSA) is 115 Å². The lowest BCUT2D eigenvalue weighted by Crippen LogP contribution is -2.36. The van der Waals surface area contributed by atoms with Crippen LogP contribution in [-0.4, -0.2) is 90.6 Å². The molecule has 1 aromatic carbocycles. The fourth-order valence-electron chi connectivity index (χ4n) is 3.94. The first-order valence-corrected chi connectivity index (χ1v) is 14.4. The minimum Gasteiger partial charge on any atom is -0.497 e. The second-order valence-electron chi connectivity index (χ2n) is 12.3. The molecule has 1 N–H and O–H groups in total. The molecule has 0 atom stereocenters. The van der Waals surface area contributed by atoms with Crippen LogP contribution >= 0.6 is 0 Å². The number of ether oxygens (including phenoxy) is 4. The summed E-state index contributed by atoms with van der Waals surface area (Å²) in [4.78, 5) is 36.8. The number of benzene rings is 1. The third kappa shape index (κ3) is 10.5. The molecule has 3 rings (SSSR count). The Hall–Kier alpha value is -4.28. The number of methoxy groups -OCH3 is 1. The van der Waals surface area contributed by atoms with Crippen LogP contribution in [0.5, 0.6) is 11.6 Å². The van der Waals surface area contributed by atoms with Crippen molar-refractivity contribution in [3.63, 3.8) is 0 Å². The molecule has 0 aliphatic carbocycles. The number of amides is 2. The van der Waals surface area contributed by atoms with E-state index in [1.165, 1.54) is 4.90 Å². The number of pyridine rings is 2. The van der Waals surface area contributed by atoms with Gasteiger partial charge in [0.25, 0.3) is 0 Å². The van der Waals surface area contributed by atoms with Gasteiger partial charge in [-0.2, -0.15) is 0 Å². The SMILES string of the molecule is COc1ccc2c(NCCCN(C)C(=O)OC(C)(C)C)cc(-c3ccc(OCCN(C)C(=O)OC(C)(C)C)nc3)nc2c1. The van der Waals surface area contributed by atoms with Crippen LogP contribution in [0.15, 0.2) is 42.6 Å². The standard InChI is InChI=1S/C32H45N5O6/c1-31(2,3)42-29(38)36(7)16-10-15-33-26-20-25(35-27-19-23(40-9)12-13-24(26)27)22-11-14-28(34-21-22)41-18-17-37(8)30(39)43-32(4,5)6/h11-14,19-21H,10,15-18H2,1-9H3,(H,33,35). The highest BCUT2D eigenvalue weighted by Crippen LogP contribution is 2.31. The zero-order valence-electron chi connectivity index (χ0n) is 26.8. The summed E-state index contributed by atoms with van der Waals surface area (Å²) in [5.74, 6) is 1.15. The number of carbonyl (C=O) groups is 2. The Morgan fingerprint density at radius 2 is 1.53 bits per heavy atom. The Balaban J connectivity index is 1.67. The minimum atomic E-state index is -0.556. The molecule has 0 fully saturated rings. The number of fused-ring (bicyclic) bond motifs is 1. The summed E-state index contributed by atoms with van der Waals surface area (Å²) < 4.78 is 22.0. The zero-order valence-corrected chi connectivity index (χ0v) is 26.8. The Morgan fingerprint density at radius 3 is 2.12 bits per heavy atom. The van der Waals surface area contributed by atoms with E-state index in [0.29, 0.717) is 31.3 Å². The molecule has 2 amide bonds. The lowest BCUT2D eigenvalue weighted by Gasteiger charge is -2.24. The number of nitrogens with one attached hydrogen (secondary N) is 1. The molecular formula is C32H45N5O6. The molecular weight excluding hydrogens is 550 g/mol. The van der Waals surface area contributed by atoms with E-state index in [4.69, 9.17) is 23.9 Å². The number of nitrogens with zero attached hydrogens (tertiary/aromatic N) is 4. The average molecular weight is 596 g/mol. The van der Waals surface area contributed by atoms with Crippen LogP contribution in [0.2, 0.25) is 0 Å². The summed E-state index contributed by atoms with van der Waals surface area (Å²) in [5, 5.41) is 4.45. The molecule has 3 aromatic rings. The molecule has 2 aromatic heterocycles. The zero-order chi connectivity index (χ0) is 31.8. The van der Waals surface area contributed by atoms with E-state index in [1.54, 1.807) is 38.4 Å². The van der Waals surface area contributed by atoms with Crippen LogP contribution in [-0.2, 0) is 9.47 Å². The number of rotatable bonds is 11. The Labute approximate surface area is 254 Å². The normalized spacial score (nSPS) is 11.6. The molecule has 2 heterocycles. The van der Waals surface area contributed by atoms with Crippen molar-refractivity contribution >= 4 is 28.8 Å². The summed E-state index contributed by atoms with van der Waals surface area (Å²) in [6.45, 7) is 12.9. The van der Waals surface area contributed by atoms with Crippen molar-refractivity contribution in [3.05, 3.63) is 42.6 Å². The van der Waals surface area contributed by atoms with Crippen LogP contribution < -0.4 is 14.8 Å². The Kier molecular flexibility index (Phi) is 11.0. The summed E-state index contributed by atoms with van der Waals surface area (Å²) >= 11 is 0. The molecule has 0 aliphatic rings. The van der Waals surface area contributed by atoms with Crippen LogP contribution in [0.1, 0.15) is 48.0 Å². The van der Waals surface area contributed by atoms with E-state index in [2.05, 4.69) is 10.3 Å². The smallest absolute Gasteiger partial charge is 0.410 e. The average Bonchev–Trinajstić information content (AvgIpc) is 2.93. The van der Waals surface area contributed by atoms with Gasteiger partial charge in [-0.3, -0.25) is 0 Å². The summed E-state index contributed by atoms with van der Waals surface area (Å²) in [7, 11) is 5.03. The van der Waals surface area contributed by atoms with Gasteiger partial charge in [-0.05, 0) is 72.2 Å². The molecule has 43 heavy (non-hydrogen) atoms. The van der Waals surface area contributed by atoms with Gasteiger partial charge in [0.15, 0.2) is 0 Å². The maximum absolute atomic E-state index is 12.3. The third-order valence-corrected chi connectivity index (χ3v) is 6.12. The molecule has 11 heteroatoms. The maximum atomic E-state index is 12.3. The monoisotopic (exact) mass is 595 g/mol. The predicted molar refractivity (Wildman–Crippen MR) is 168 cm³/mol. The van der Waals surface area contributed by atoms with E-state index in [-0.39, 0.29) is 12.7 Å². The molecule has 0 saturated carbocycles. The molecule has 0 aliphatic heterocycles. The maximum Gasteiger partial charge on any atom is 0.410 e. The van der Waals surface area contributed by atoms with E-state index in [1.807, 2.05) is 71.9 Å². The van der Waals surface area contributed by atoms with Crippen molar-refractivity contribution in [2.75, 3.05) is 52.8 Å². The number of hydrogen-bond acceptors (Lipinski definition) is 9. The number of hydrogen-bond donors (Lipinski definition) is 1. The number of likely N-dealkylation sites (N-methyl/N-ethyl adjacent to an activating group) is 1. The van der Waals surface area contributed by atoms with Gasteiger partial charge in [0, 0.05) is 62.2 Å². The number of carbonyl (C=O) groups excluding carboxylic acids is 2.